The number of hydrogen-bond donors (Lipinski definition) is 0. The van der Waals surface area contributed by atoms with Crippen LogP contribution in [-0.2, 0) is 44.6 Å². The van der Waals surface area contributed by atoms with Crippen LogP contribution < -0.4 is 14.2 Å². The van der Waals surface area contributed by atoms with Crippen LogP contribution in [0.15, 0.2) is 49.1 Å². The topological polar surface area (TPSA) is 144 Å². The van der Waals surface area contributed by atoms with E-state index in [9.17, 15) is 24.0 Å². The second-order valence-electron chi connectivity index (χ2n) is 13.8. The van der Waals surface area contributed by atoms with Gasteiger partial charge >= 0.3 is 17.9 Å². The van der Waals surface area contributed by atoms with Crippen LogP contribution in [0.5, 0.6) is 17.2 Å². The molecule has 2 atom stereocenters. The van der Waals surface area contributed by atoms with Gasteiger partial charge in [-0.15, -0.1) is 0 Å². The lowest BCUT2D eigenvalue weighted by Gasteiger charge is -2.36. The molecule has 1 heterocycles. The minimum atomic E-state index is -1.37. The molecule has 1 amide bonds. The third kappa shape index (κ3) is 11.8. The number of ether oxygens (including phenoxy) is 6. The standard InChI is InChI=1S/C38H48FNO11/c1-9-32(41)49-23-38(5,6)34(43)35(44)40-17-11-10-12-28(40)36(45)50-29(15-13-24-14-16-30(46-7)31(18-24)47-8)25-19-26(39)21-27(20-25)48-22-33(42)51-37(2,3)4/h9,14,16,18-21,28-29H,1,10-13,15,17,22-23H2,2-8H3/t28-,29+/m0/s1. The van der Waals surface area contributed by atoms with E-state index in [1.807, 2.05) is 6.07 Å². The summed E-state index contributed by atoms with van der Waals surface area (Å²) in [5.41, 5.74) is -1.06. The fraction of sp³-hybridized carbons (Fsp3) is 0.500. The van der Waals surface area contributed by atoms with Crippen molar-refractivity contribution >= 4 is 29.6 Å². The number of nitrogens with zero attached hydrogens (tertiary/aromatic N) is 1. The fourth-order valence-corrected chi connectivity index (χ4v) is 5.43. The summed E-state index contributed by atoms with van der Waals surface area (Å²) in [6, 6.07) is 8.02. The van der Waals surface area contributed by atoms with Crippen LogP contribution in [0, 0.1) is 11.2 Å². The molecule has 3 rings (SSSR count). The molecule has 0 spiro atoms. The highest BCUT2D eigenvalue weighted by atomic mass is 19.1. The second kappa shape index (κ2) is 17.8. The van der Waals surface area contributed by atoms with Gasteiger partial charge in [0.15, 0.2) is 18.1 Å². The van der Waals surface area contributed by atoms with E-state index in [0.29, 0.717) is 30.8 Å². The molecule has 2 aromatic rings. The number of hydrogen-bond acceptors (Lipinski definition) is 11. The number of aryl methyl sites for hydroxylation is 1. The number of ketones is 1. The summed E-state index contributed by atoms with van der Waals surface area (Å²) in [4.78, 5) is 65.8. The molecule has 0 radical (unpaired) electrons. The van der Waals surface area contributed by atoms with Gasteiger partial charge < -0.3 is 33.3 Å². The van der Waals surface area contributed by atoms with Crippen molar-refractivity contribution in [3.8, 4) is 17.2 Å². The number of carbonyl (C=O) groups excluding carboxylic acids is 5. The number of Topliss-reactive ketones (excluding diaryl/α,β-unsaturated/α-hetero) is 1. The zero-order chi connectivity index (χ0) is 37.9. The van der Waals surface area contributed by atoms with Gasteiger partial charge in [-0.1, -0.05) is 12.6 Å². The molecular formula is C38H48FNO11. The van der Waals surface area contributed by atoms with E-state index >= 15 is 4.39 Å². The van der Waals surface area contributed by atoms with Gasteiger partial charge in [0.05, 0.1) is 19.6 Å². The van der Waals surface area contributed by atoms with Crippen molar-refractivity contribution < 1.29 is 56.8 Å². The Balaban J connectivity index is 1.90. The molecule has 12 nitrogen and oxygen atoms in total. The Morgan fingerprint density at radius 1 is 0.980 bits per heavy atom. The van der Waals surface area contributed by atoms with Crippen LogP contribution in [0.3, 0.4) is 0 Å². The predicted octanol–water partition coefficient (Wildman–Crippen LogP) is 5.49. The molecule has 0 bridgehead atoms. The van der Waals surface area contributed by atoms with Crippen LogP contribution in [0.25, 0.3) is 0 Å². The third-order valence-electron chi connectivity index (χ3n) is 8.03. The normalized spacial score (nSPS) is 15.2. The Labute approximate surface area is 298 Å². The zero-order valence-corrected chi connectivity index (χ0v) is 30.4. The van der Waals surface area contributed by atoms with Crippen LogP contribution in [0.4, 0.5) is 4.39 Å². The minimum Gasteiger partial charge on any atom is -0.493 e. The van der Waals surface area contributed by atoms with Crippen LogP contribution in [0.1, 0.15) is 77.5 Å². The van der Waals surface area contributed by atoms with Crippen molar-refractivity contribution in [3.05, 3.63) is 66.0 Å². The Bertz CT molecular complexity index is 1600. The quantitative estimate of drug-likeness (QED) is 0.0944. The molecule has 0 unspecified atom stereocenters. The maximum absolute atomic E-state index is 15.0. The fourth-order valence-electron chi connectivity index (χ4n) is 5.43. The molecule has 51 heavy (non-hydrogen) atoms. The number of esters is 3. The van der Waals surface area contributed by atoms with Crippen molar-refractivity contribution in [1.29, 1.82) is 0 Å². The molecule has 0 N–H and O–H groups in total. The number of likely N-dealkylation sites (tertiary alicyclic amines) is 1. The predicted molar refractivity (Wildman–Crippen MR) is 184 cm³/mol. The molecule has 0 aliphatic carbocycles. The average molecular weight is 714 g/mol. The molecule has 1 saturated heterocycles. The first kappa shape index (κ1) is 40.5. The molecule has 0 aromatic heterocycles. The lowest BCUT2D eigenvalue weighted by molar-refractivity contribution is -0.165. The monoisotopic (exact) mass is 713 g/mol. The summed E-state index contributed by atoms with van der Waals surface area (Å²) >= 11 is 0. The van der Waals surface area contributed by atoms with Crippen LogP contribution in [-0.4, -0.2) is 80.1 Å². The van der Waals surface area contributed by atoms with Crippen LogP contribution >= 0.6 is 0 Å². The number of benzene rings is 2. The van der Waals surface area contributed by atoms with Crippen molar-refractivity contribution in [1.82, 2.24) is 4.90 Å². The number of amides is 1. The van der Waals surface area contributed by atoms with Crippen LogP contribution in [0.2, 0.25) is 0 Å². The number of carbonyl (C=O) groups is 5. The minimum absolute atomic E-state index is 0.0162. The first-order valence-electron chi connectivity index (χ1n) is 16.7. The smallest absolute Gasteiger partial charge is 0.344 e. The first-order valence-corrected chi connectivity index (χ1v) is 16.7. The summed E-state index contributed by atoms with van der Waals surface area (Å²) in [5.74, 6) is -3.55. The van der Waals surface area contributed by atoms with Gasteiger partial charge in [0.2, 0.25) is 5.78 Å². The van der Waals surface area contributed by atoms with Gasteiger partial charge in [-0.2, -0.15) is 0 Å². The Morgan fingerprint density at radius 3 is 2.33 bits per heavy atom. The summed E-state index contributed by atoms with van der Waals surface area (Å²) in [6.45, 7) is 10.7. The van der Waals surface area contributed by atoms with Gasteiger partial charge in [0, 0.05) is 18.7 Å². The van der Waals surface area contributed by atoms with Crippen molar-refractivity contribution in [2.75, 3.05) is 34.0 Å². The lowest BCUT2D eigenvalue weighted by Crippen LogP contribution is -2.53. The molecule has 278 valence electrons. The van der Waals surface area contributed by atoms with Gasteiger partial charge in [-0.05, 0) is 102 Å². The molecule has 2 aromatic carbocycles. The number of halogens is 1. The molecule has 0 saturated carbocycles. The molecule has 1 aliphatic rings. The van der Waals surface area contributed by atoms with Gasteiger partial charge in [0.1, 0.15) is 35.9 Å². The third-order valence-corrected chi connectivity index (χ3v) is 8.03. The lowest BCUT2D eigenvalue weighted by atomic mass is 9.87. The Hall–Kier alpha value is -4.94. The maximum atomic E-state index is 15.0. The Morgan fingerprint density at radius 2 is 1.69 bits per heavy atom. The SMILES string of the molecule is C=CC(=O)OCC(C)(C)C(=O)C(=O)N1CCCC[C@H]1C(=O)O[C@H](CCc1ccc(OC)c(OC)c1)c1cc(F)cc(OCC(=O)OC(C)(C)C)c1. The zero-order valence-electron chi connectivity index (χ0n) is 30.4. The highest BCUT2D eigenvalue weighted by Crippen LogP contribution is 2.33. The highest BCUT2D eigenvalue weighted by molar-refractivity contribution is 6.38. The summed E-state index contributed by atoms with van der Waals surface area (Å²) in [5, 5.41) is 0. The second-order valence-corrected chi connectivity index (χ2v) is 13.8. The largest absolute Gasteiger partial charge is 0.493 e. The van der Waals surface area contributed by atoms with Crippen molar-refractivity contribution in [2.24, 2.45) is 5.41 Å². The van der Waals surface area contributed by atoms with Crippen molar-refractivity contribution in [2.45, 2.75) is 84.5 Å². The number of rotatable bonds is 16. The highest BCUT2D eigenvalue weighted by Gasteiger charge is 2.42. The van der Waals surface area contributed by atoms with E-state index in [4.69, 9.17) is 28.4 Å². The van der Waals surface area contributed by atoms with E-state index in [2.05, 4.69) is 6.58 Å². The molecule has 13 heteroatoms. The summed E-state index contributed by atoms with van der Waals surface area (Å²) in [6.07, 6.45) is 1.84. The van der Waals surface area contributed by atoms with Gasteiger partial charge in [-0.25, -0.2) is 18.8 Å². The number of methoxy groups -OCH3 is 2. The van der Waals surface area contributed by atoms with E-state index in [1.54, 1.807) is 32.9 Å². The van der Waals surface area contributed by atoms with E-state index < -0.39 is 65.2 Å². The van der Waals surface area contributed by atoms with Crippen molar-refractivity contribution in [3.63, 3.8) is 0 Å². The first-order chi connectivity index (χ1) is 24.0. The van der Waals surface area contributed by atoms with E-state index in [0.717, 1.165) is 17.7 Å². The molecule has 1 aliphatic heterocycles. The Kier molecular flexibility index (Phi) is 14.1. The van der Waals surface area contributed by atoms with E-state index in [-0.39, 0.29) is 37.3 Å². The maximum Gasteiger partial charge on any atom is 0.344 e. The van der Waals surface area contributed by atoms with Gasteiger partial charge in [0.25, 0.3) is 5.91 Å². The summed E-state index contributed by atoms with van der Waals surface area (Å²) < 4.78 is 47.7. The molecular weight excluding hydrogens is 665 g/mol. The summed E-state index contributed by atoms with van der Waals surface area (Å²) in [7, 11) is 3.03. The van der Waals surface area contributed by atoms with Gasteiger partial charge in [-0.3, -0.25) is 9.59 Å². The van der Waals surface area contributed by atoms with E-state index in [1.165, 1.54) is 45.1 Å². The average Bonchev–Trinajstić information content (AvgIpc) is 3.09. The molecule has 1 fully saturated rings. The number of piperidine rings is 1.